The summed E-state index contributed by atoms with van der Waals surface area (Å²) in [5.41, 5.74) is 1.42. The normalized spacial score (nSPS) is 29.2. The minimum Gasteiger partial charge on any atom is -0.374 e. The zero-order valence-corrected chi connectivity index (χ0v) is 15.2. The van der Waals surface area contributed by atoms with Crippen molar-refractivity contribution in [3.8, 4) is 0 Å². The lowest BCUT2D eigenvalue weighted by molar-refractivity contribution is -0.0504. The van der Waals surface area contributed by atoms with E-state index in [-0.39, 0.29) is 12.4 Å². The Kier molecular flexibility index (Phi) is 6.53. The average Bonchev–Trinajstić information content (AvgIpc) is 3.00. The maximum atomic E-state index is 6.09. The molecule has 4 nitrogen and oxygen atoms in total. The minimum atomic E-state index is 0. The highest BCUT2D eigenvalue weighted by Gasteiger charge is 2.40. The van der Waals surface area contributed by atoms with E-state index in [4.69, 9.17) is 4.74 Å². The van der Waals surface area contributed by atoms with Gasteiger partial charge in [-0.1, -0.05) is 30.3 Å². The Balaban J connectivity index is 0.00000169. The monoisotopic (exact) mass is 351 g/mol. The molecule has 1 N–H and O–H groups in total. The Bertz CT molecular complexity index is 495. The minimum absolute atomic E-state index is 0. The molecule has 0 bridgehead atoms. The number of hydrogen-bond acceptors (Lipinski definition) is 4. The summed E-state index contributed by atoms with van der Waals surface area (Å²) in [7, 11) is 0. The zero-order valence-electron chi connectivity index (χ0n) is 14.4. The number of morpholine rings is 1. The van der Waals surface area contributed by atoms with Crippen LogP contribution >= 0.6 is 12.4 Å². The van der Waals surface area contributed by atoms with Crippen molar-refractivity contribution in [1.29, 1.82) is 0 Å². The van der Waals surface area contributed by atoms with Gasteiger partial charge in [-0.15, -0.1) is 12.4 Å². The van der Waals surface area contributed by atoms with Crippen LogP contribution < -0.4 is 5.32 Å². The maximum absolute atomic E-state index is 6.09. The molecular weight excluding hydrogens is 322 g/mol. The molecule has 5 heteroatoms. The molecule has 0 unspecified atom stereocenters. The number of likely N-dealkylation sites (tertiary alicyclic amines) is 1. The highest BCUT2D eigenvalue weighted by molar-refractivity contribution is 5.85. The number of fused-ring (bicyclic) bond motifs is 1. The third-order valence-corrected chi connectivity index (χ3v) is 5.70. The molecule has 0 radical (unpaired) electrons. The molecule has 3 aliphatic rings. The number of piperidine rings is 1. The van der Waals surface area contributed by atoms with Gasteiger partial charge in [-0.25, -0.2) is 0 Å². The Labute approximate surface area is 151 Å². The molecule has 1 aromatic rings. The van der Waals surface area contributed by atoms with Gasteiger partial charge in [-0.2, -0.15) is 0 Å². The topological polar surface area (TPSA) is 27.7 Å². The van der Waals surface area contributed by atoms with Crippen LogP contribution in [0.3, 0.4) is 0 Å². The standard InChI is InChI=1S/C19H29N3O.ClH/c1-2-4-16(5-3-1)13-22-10-11-23-19-15-21(14-18(19)22)12-17-6-8-20-9-7-17;/h1-5,17-20H,6-15H2;1H/t18-,19+;/m1./s1. The molecule has 3 aliphatic heterocycles. The molecule has 2 atom stereocenters. The number of hydrogen-bond donors (Lipinski definition) is 1. The molecule has 3 saturated heterocycles. The second kappa shape index (κ2) is 8.63. The van der Waals surface area contributed by atoms with Crippen molar-refractivity contribution >= 4 is 12.4 Å². The van der Waals surface area contributed by atoms with E-state index < -0.39 is 0 Å². The summed E-state index contributed by atoms with van der Waals surface area (Å²) in [4.78, 5) is 5.31. The summed E-state index contributed by atoms with van der Waals surface area (Å²) >= 11 is 0. The molecule has 0 aliphatic carbocycles. The highest BCUT2D eigenvalue weighted by atomic mass is 35.5. The molecule has 4 rings (SSSR count). The van der Waals surface area contributed by atoms with Crippen molar-refractivity contribution in [1.82, 2.24) is 15.1 Å². The van der Waals surface area contributed by atoms with Gasteiger partial charge in [0.25, 0.3) is 0 Å². The molecular formula is C19H30ClN3O. The van der Waals surface area contributed by atoms with Crippen LogP contribution in [0.4, 0.5) is 0 Å². The summed E-state index contributed by atoms with van der Waals surface area (Å²) in [6.45, 7) is 8.97. The predicted molar refractivity (Wildman–Crippen MR) is 99.7 cm³/mol. The van der Waals surface area contributed by atoms with E-state index >= 15 is 0 Å². The van der Waals surface area contributed by atoms with Gasteiger partial charge in [0.1, 0.15) is 0 Å². The van der Waals surface area contributed by atoms with E-state index in [0.29, 0.717) is 12.1 Å². The smallest absolute Gasteiger partial charge is 0.0870 e. The first-order valence-electron chi connectivity index (χ1n) is 9.21. The van der Waals surface area contributed by atoms with E-state index in [9.17, 15) is 0 Å². The molecule has 0 saturated carbocycles. The van der Waals surface area contributed by atoms with Crippen molar-refractivity contribution < 1.29 is 4.74 Å². The maximum Gasteiger partial charge on any atom is 0.0870 e. The van der Waals surface area contributed by atoms with E-state index in [2.05, 4.69) is 45.4 Å². The number of rotatable bonds is 4. The van der Waals surface area contributed by atoms with E-state index in [0.717, 1.165) is 32.2 Å². The van der Waals surface area contributed by atoms with Crippen LogP contribution in [-0.2, 0) is 11.3 Å². The summed E-state index contributed by atoms with van der Waals surface area (Å²) in [6, 6.07) is 11.4. The highest BCUT2D eigenvalue weighted by Crippen LogP contribution is 2.26. The molecule has 0 amide bonds. The lowest BCUT2D eigenvalue weighted by atomic mass is 9.98. The second-order valence-corrected chi connectivity index (χ2v) is 7.34. The summed E-state index contributed by atoms with van der Waals surface area (Å²) in [6.07, 6.45) is 3.08. The van der Waals surface area contributed by atoms with Gasteiger partial charge < -0.3 is 10.1 Å². The van der Waals surface area contributed by atoms with Crippen LogP contribution in [0.5, 0.6) is 0 Å². The largest absolute Gasteiger partial charge is 0.374 e. The first kappa shape index (κ1) is 18.2. The van der Waals surface area contributed by atoms with E-state index in [1.165, 1.54) is 44.6 Å². The van der Waals surface area contributed by atoms with Gasteiger partial charge >= 0.3 is 0 Å². The van der Waals surface area contributed by atoms with Gasteiger partial charge in [-0.3, -0.25) is 9.80 Å². The molecule has 3 fully saturated rings. The van der Waals surface area contributed by atoms with Gasteiger partial charge in [0.05, 0.1) is 18.8 Å². The first-order valence-corrected chi connectivity index (χ1v) is 9.21. The molecule has 134 valence electrons. The van der Waals surface area contributed by atoms with Crippen molar-refractivity contribution in [2.24, 2.45) is 5.92 Å². The molecule has 1 aromatic carbocycles. The zero-order chi connectivity index (χ0) is 15.5. The van der Waals surface area contributed by atoms with Gasteiger partial charge in [0, 0.05) is 32.7 Å². The van der Waals surface area contributed by atoms with Crippen LogP contribution in [0, 0.1) is 5.92 Å². The molecule has 0 spiro atoms. The predicted octanol–water partition coefficient (Wildman–Crippen LogP) is 1.99. The van der Waals surface area contributed by atoms with Crippen LogP contribution in [0.2, 0.25) is 0 Å². The lowest BCUT2D eigenvalue weighted by Gasteiger charge is -2.37. The van der Waals surface area contributed by atoms with Gasteiger partial charge in [0.15, 0.2) is 0 Å². The molecule has 0 aromatic heterocycles. The Morgan fingerprint density at radius 3 is 2.67 bits per heavy atom. The van der Waals surface area contributed by atoms with Gasteiger partial charge in [-0.05, 0) is 37.4 Å². The fourth-order valence-electron chi connectivity index (χ4n) is 4.43. The summed E-state index contributed by atoms with van der Waals surface area (Å²) in [5.74, 6) is 0.874. The third kappa shape index (κ3) is 4.30. The number of nitrogens with one attached hydrogen (secondary N) is 1. The summed E-state index contributed by atoms with van der Waals surface area (Å²) < 4.78 is 6.09. The van der Waals surface area contributed by atoms with Crippen molar-refractivity contribution in [2.45, 2.75) is 31.5 Å². The van der Waals surface area contributed by atoms with Crippen LogP contribution in [0.25, 0.3) is 0 Å². The quantitative estimate of drug-likeness (QED) is 0.898. The third-order valence-electron chi connectivity index (χ3n) is 5.70. The molecule has 24 heavy (non-hydrogen) atoms. The number of benzene rings is 1. The van der Waals surface area contributed by atoms with Crippen molar-refractivity contribution in [3.05, 3.63) is 35.9 Å². The number of halogens is 1. The SMILES string of the molecule is Cl.c1ccc(CN2CCO[C@H]3CN(CC4CCNCC4)C[C@H]32)cc1. The Hall–Kier alpha value is -0.650. The van der Waals surface area contributed by atoms with Crippen molar-refractivity contribution in [3.63, 3.8) is 0 Å². The number of ether oxygens (including phenoxy) is 1. The lowest BCUT2D eigenvalue weighted by Crippen LogP contribution is -2.50. The fraction of sp³-hybridized carbons (Fsp3) is 0.684. The second-order valence-electron chi connectivity index (χ2n) is 7.34. The molecule has 3 heterocycles. The first-order chi connectivity index (χ1) is 11.4. The Morgan fingerprint density at radius 2 is 1.88 bits per heavy atom. The average molecular weight is 352 g/mol. The van der Waals surface area contributed by atoms with Crippen LogP contribution in [0.1, 0.15) is 18.4 Å². The van der Waals surface area contributed by atoms with E-state index in [1.807, 2.05) is 0 Å². The van der Waals surface area contributed by atoms with Crippen molar-refractivity contribution in [2.75, 3.05) is 45.9 Å². The van der Waals surface area contributed by atoms with Gasteiger partial charge in [0.2, 0.25) is 0 Å². The summed E-state index contributed by atoms with van der Waals surface area (Å²) in [5, 5.41) is 3.47. The Morgan fingerprint density at radius 1 is 1.08 bits per heavy atom. The van der Waals surface area contributed by atoms with E-state index in [1.54, 1.807) is 0 Å². The number of nitrogens with zero attached hydrogens (tertiary/aromatic N) is 2. The fourth-order valence-corrected chi connectivity index (χ4v) is 4.43. The van der Waals surface area contributed by atoms with Crippen LogP contribution in [0.15, 0.2) is 30.3 Å². The van der Waals surface area contributed by atoms with Crippen LogP contribution in [-0.4, -0.2) is 67.8 Å².